The Balaban J connectivity index is 2.60. The highest BCUT2D eigenvalue weighted by atomic mass is 16.6. The lowest BCUT2D eigenvalue weighted by Gasteiger charge is -2.09. The van der Waals surface area contributed by atoms with Crippen LogP contribution in [0, 0.1) is 24.0 Å². The second kappa shape index (κ2) is 6.95. The molecule has 0 aliphatic carbocycles. The summed E-state index contributed by atoms with van der Waals surface area (Å²) >= 11 is 0. The number of ether oxygens (including phenoxy) is 1. The van der Waals surface area contributed by atoms with E-state index >= 15 is 0 Å². The van der Waals surface area contributed by atoms with Crippen LogP contribution in [0.4, 0.5) is 5.69 Å². The van der Waals surface area contributed by atoms with Crippen molar-refractivity contribution in [1.29, 1.82) is 0 Å². The molecule has 0 saturated heterocycles. The minimum Gasteiger partial charge on any atom is -0.490 e. The van der Waals surface area contributed by atoms with E-state index in [0.29, 0.717) is 11.1 Å². The molecule has 2 aromatic carbocycles. The summed E-state index contributed by atoms with van der Waals surface area (Å²) in [7, 11) is 1.34. The van der Waals surface area contributed by atoms with Crippen LogP contribution >= 0.6 is 0 Å². The monoisotopic (exact) mass is 327 g/mol. The number of aryl methyl sites for hydroxylation is 2. The predicted molar refractivity (Wildman–Crippen MR) is 91.1 cm³/mol. The first kappa shape index (κ1) is 17.2. The Hall–Kier alpha value is -3.15. The van der Waals surface area contributed by atoms with Crippen LogP contribution in [0.5, 0.6) is 5.75 Å². The highest BCUT2D eigenvalue weighted by Gasteiger charge is 2.17. The Morgan fingerprint density at radius 3 is 2.50 bits per heavy atom. The molecular weight excluding hydrogens is 310 g/mol. The summed E-state index contributed by atoms with van der Waals surface area (Å²) in [6, 6.07) is 9.86. The highest BCUT2D eigenvalue weighted by Crippen LogP contribution is 2.30. The third kappa shape index (κ3) is 3.60. The standard InChI is InChI=1S/C18H17NO5/c1-11-4-5-12(2)14(8-11)15(18(20)21)9-13-6-7-17(24-3)16(10-13)19(22)23/h4-10H,1-3H3,(H,20,21)/b15-9-. The Morgan fingerprint density at radius 2 is 1.92 bits per heavy atom. The predicted octanol–water partition coefficient (Wildman–Crippen LogP) is 3.85. The van der Waals surface area contributed by atoms with Gasteiger partial charge in [0.25, 0.3) is 0 Å². The third-order valence-corrected chi connectivity index (χ3v) is 3.62. The van der Waals surface area contributed by atoms with E-state index in [2.05, 4.69) is 0 Å². The largest absolute Gasteiger partial charge is 0.490 e. The Morgan fingerprint density at radius 1 is 1.21 bits per heavy atom. The minimum absolute atomic E-state index is 0.0793. The van der Waals surface area contributed by atoms with E-state index in [4.69, 9.17) is 4.74 Å². The molecule has 0 aliphatic rings. The van der Waals surface area contributed by atoms with Crippen LogP contribution in [0.25, 0.3) is 11.6 Å². The van der Waals surface area contributed by atoms with Gasteiger partial charge in [0, 0.05) is 6.07 Å². The fraction of sp³-hybridized carbons (Fsp3) is 0.167. The molecule has 0 saturated carbocycles. The topological polar surface area (TPSA) is 89.7 Å². The summed E-state index contributed by atoms with van der Waals surface area (Å²) in [6.07, 6.45) is 1.43. The van der Waals surface area contributed by atoms with E-state index < -0.39 is 10.9 Å². The molecule has 2 rings (SSSR count). The van der Waals surface area contributed by atoms with E-state index in [1.165, 1.54) is 25.3 Å². The van der Waals surface area contributed by atoms with Crippen molar-refractivity contribution in [2.75, 3.05) is 7.11 Å². The smallest absolute Gasteiger partial charge is 0.336 e. The molecule has 1 N–H and O–H groups in total. The zero-order chi connectivity index (χ0) is 17.9. The molecule has 0 radical (unpaired) electrons. The number of rotatable bonds is 5. The number of benzene rings is 2. The molecule has 0 spiro atoms. The lowest BCUT2D eigenvalue weighted by molar-refractivity contribution is -0.385. The number of carbonyl (C=O) groups is 1. The van der Waals surface area contributed by atoms with E-state index in [1.54, 1.807) is 12.1 Å². The van der Waals surface area contributed by atoms with Crippen LogP contribution in [-0.4, -0.2) is 23.1 Å². The summed E-state index contributed by atoms with van der Waals surface area (Å²) in [5.41, 5.74) is 2.62. The third-order valence-electron chi connectivity index (χ3n) is 3.62. The summed E-state index contributed by atoms with van der Waals surface area (Å²) in [4.78, 5) is 22.2. The number of methoxy groups -OCH3 is 1. The molecule has 0 heterocycles. The fourth-order valence-electron chi connectivity index (χ4n) is 2.39. The average Bonchev–Trinajstić information content (AvgIpc) is 2.54. The van der Waals surface area contributed by atoms with Gasteiger partial charge in [-0.2, -0.15) is 0 Å². The van der Waals surface area contributed by atoms with Crippen LogP contribution in [0.15, 0.2) is 36.4 Å². The van der Waals surface area contributed by atoms with Crippen LogP contribution in [0.1, 0.15) is 22.3 Å². The SMILES string of the molecule is COc1ccc(/C=C(\C(=O)O)c2cc(C)ccc2C)cc1[N+](=O)[O-]. The summed E-state index contributed by atoms with van der Waals surface area (Å²) in [5, 5.41) is 20.7. The molecule has 6 nitrogen and oxygen atoms in total. The summed E-state index contributed by atoms with van der Waals surface area (Å²) < 4.78 is 4.95. The van der Waals surface area contributed by atoms with Gasteiger partial charge >= 0.3 is 11.7 Å². The van der Waals surface area contributed by atoms with Gasteiger partial charge in [-0.15, -0.1) is 0 Å². The number of nitrogens with zero attached hydrogens (tertiary/aromatic N) is 1. The van der Waals surface area contributed by atoms with Gasteiger partial charge < -0.3 is 9.84 Å². The van der Waals surface area contributed by atoms with Gasteiger partial charge in [-0.05, 0) is 42.7 Å². The van der Waals surface area contributed by atoms with E-state index in [1.807, 2.05) is 26.0 Å². The lowest BCUT2D eigenvalue weighted by atomic mass is 9.96. The Kier molecular flexibility index (Phi) is 4.99. The second-order valence-electron chi connectivity index (χ2n) is 5.37. The van der Waals surface area contributed by atoms with Gasteiger partial charge in [0.2, 0.25) is 0 Å². The molecule has 0 amide bonds. The molecule has 0 unspecified atom stereocenters. The number of carboxylic acid groups (broad SMARTS) is 1. The van der Waals surface area contributed by atoms with Crippen molar-refractivity contribution >= 4 is 23.3 Å². The van der Waals surface area contributed by atoms with Crippen molar-refractivity contribution in [2.24, 2.45) is 0 Å². The van der Waals surface area contributed by atoms with Gasteiger partial charge in [-0.3, -0.25) is 10.1 Å². The first-order valence-electron chi connectivity index (χ1n) is 7.18. The number of aliphatic carboxylic acids is 1. The van der Waals surface area contributed by atoms with E-state index in [0.717, 1.165) is 11.1 Å². The van der Waals surface area contributed by atoms with Crippen molar-refractivity contribution in [3.05, 3.63) is 68.8 Å². The van der Waals surface area contributed by atoms with Crippen molar-refractivity contribution in [3.8, 4) is 5.75 Å². The van der Waals surface area contributed by atoms with Crippen LogP contribution in [0.3, 0.4) is 0 Å². The normalized spacial score (nSPS) is 11.2. The van der Waals surface area contributed by atoms with Crippen LogP contribution in [-0.2, 0) is 4.79 Å². The van der Waals surface area contributed by atoms with Crippen LogP contribution in [0.2, 0.25) is 0 Å². The van der Waals surface area contributed by atoms with Crippen molar-refractivity contribution < 1.29 is 19.6 Å². The maximum Gasteiger partial charge on any atom is 0.336 e. The molecule has 0 aromatic heterocycles. The van der Waals surface area contributed by atoms with E-state index in [9.17, 15) is 20.0 Å². The zero-order valence-electron chi connectivity index (χ0n) is 13.6. The molecule has 124 valence electrons. The average molecular weight is 327 g/mol. The fourth-order valence-corrected chi connectivity index (χ4v) is 2.39. The molecule has 0 atom stereocenters. The molecule has 6 heteroatoms. The molecule has 24 heavy (non-hydrogen) atoms. The van der Waals surface area contributed by atoms with Gasteiger partial charge in [0.15, 0.2) is 5.75 Å². The summed E-state index contributed by atoms with van der Waals surface area (Å²) in [6.45, 7) is 3.70. The molecular formula is C18H17NO5. The quantitative estimate of drug-likeness (QED) is 0.390. The Labute approximate surface area is 139 Å². The van der Waals surface area contributed by atoms with Crippen molar-refractivity contribution in [3.63, 3.8) is 0 Å². The maximum absolute atomic E-state index is 11.7. The van der Waals surface area contributed by atoms with Crippen molar-refractivity contribution in [1.82, 2.24) is 0 Å². The number of hydrogen-bond donors (Lipinski definition) is 1. The molecule has 0 aliphatic heterocycles. The number of carboxylic acids is 1. The van der Waals surface area contributed by atoms with Gasteiger partial charge in [-0.25, -0.2) is 4.79 Å². The van der Waals surface area contributed by atoms with Gasteiger partial charge in [-0.1, -0.05) is 29.8 Å². The molecule has 0 fully saturated rings. The van der Waals surface area contributed by atoms with E-state index in [-0.39, 0.29) is 17.0 Å². The lowest BCUT2D eigenvalue weighted by Crippen LogP contribution is -2.02. The second-order valence-corrected chi connectivity index (χ2v) is 5.37. The maximum atomic E-state index is 11.7. The molecule has 2 aromatic rings. The number of nitro benzene ring substituents is 1. The first-order valence-corrected chi connectivity index (χ1v) is 7.18. The number of nitro groups is 1. The van der Waals surface area contributed by atoms with Crippen molar-refractivity contribution in [2.45, 2.75) is 13.8 Å². The molecule has 0 bridgehead atoms. The minimum atomic E-state index is -1.10. The van der Waals surface area contributed by atoms with Gasteiger partial charge in [0.1, 0.15) is 0 Å². The highest BCUT2D eigenvalue weighted by molar-refractivity contribution is 6.21. The Bertz CT molecular complexity index is 839. The zero-order valence-corrected chi connectivity index (χ0v) is 13.6. The summed E-state index contributed by atoms with van der Waals surface area (Å²) in [5.74, 6) is -0.970. The van der Waals surface area contributed by atoms with Crippen LogP contribution < -0.4 is 4.74 Å². The van der Waals surface area contributed by atoms with Gasteiger partial charge in [0.05, 0.1) is 17.6 Å². The first-order chi connectivity index (χ1) is 11.3. The number of hydrogen-bond acceptors (Lipinski definition) is 4.